The molecule has 0 heterocycles. The largest absolute Gasteiger partial charge is 0.478 e. The summed E-state index contributed by atoms with van der Waals surface area (Å²) in [7, 11) is 0. The highest BCUT2D eigenvalue weighted by atomic mass is 32.2. The van der Waals surface area contributed by atoms with E-state index in [1.54, 1.807) is 18.2 Å². The molecule has 0 fully saturated rings. The third-order valence-electron chi connectivity index (χ3n) is 2.57. The van der Waals surface area contributed by atoms with Gasteiger partial charge in [-0.1, -0.05) is 12.1 Å². The van der Waals surface area contributed by atoms with E-state index in [0.717, 1.165) is 11.8 Å². The van der Waals surface area contributed by atoms with Crippen LogP contribution in [0.5, 0.6) is 0 Å². The molecule has 1 rings (SSSR count). The molecule has 0 aliphatic rings. The van der Waals surface area contributed by atoms with Gasteiger partial charge in [-0.15, -0.1) is 11.8 Å². The molecule has 0 saturated heterocycles. The number of aromatic carboxylic acids is 1. The highest BCUT2D eigenvalue weighted by molar-refractivity contribution is 7.99. The molecule has 0 saturated carbocycles. The number of rotatable bonds is 7. The molecule has 104 valence electrons. The molecule has 0 spiro atoms. The molecule has 6 heteroatoms. The van der Waals surface area contributed by atoms with Crippen LogP contribution in [-0.2, 0) is 9.59 Å². The Morgan fingerprint density at radius 1 is 1.35 bits per heavy atom. The van der Waals surface area contributed by atoms with Crippen LogP contribution in [0.15, 0.2) is 29.2 Å². The molecule has 0 radical (unpaired) electrons. The van der Waals surface area contributed by atoms with E-state index in [0.29, 0.717) is 4.90 Å². The maximum Gasteiger partial charge on any atom is 0.336 e. The van der Waals surface area contributed by atoms with Gasteiger partial charge >= 0.3 is 5.97 Å². The number of thioether (sulfide) groups is 1. The normalized spacial score (nSPS) is 11.4. The monoisotopic (exact) mass is 291 g/mol. The molecule has 0 bridgehead atoms. The number of Topliss-reactive ketones (excluding diaryl/α,β-unsaturated/α-hetero) is 2. The van der Waals surface area contributed by atoms with Gasteiger partial charge in [0.25, 0.3) is 0 Å². The van der Waals surface area contributed by atoms with Crippen LogP contribution >= 0.6 is 11.8 Å². The van der Waals surface area contributed by atoms with Gasteiger partial charge < -0.3 is 9.90 Å². The smallest absolute Gasteiger partial charge is 0.336 e. The fourth-order valence-corrected chi connectivity index (χ4v) is 2.76. The number of carboxylic acids is 1. The summed E-state index contributed by atoms with van der Waals surface area (Å²) in [6.07, 6.45) is -0.00533. The number of nitriles is 1. The molecule has 1 N–H and O–H groups in total. The van der Waals surface area contributed by atoms with E-state index >= 15 is 0 Å². The third-order valence-corrected chi connectivity index (χ3v) is 3.81. The lowest BCUT2D eigenvalue weighted by molar-refractivity contribution is -0.123. The summed E-state index contributed by atoms with van der Waals surface area (Å²) in [6, 6.07) is 7.93. The van der Waals surface area contributed by atoms with Gasteiger partial charge in [-0.05, 0) is 19.1 Å². The number of ketones is 2. The van der Waals surface area contributed by atoms with Gasteiger partial charge in [-0.2, -0.15) is 5.26 Å². The minimum Gasteiger partial charge on any atom is -0.478 e. The molecule has 0 amide bonds. The van der Waals surface area contributed by atoms with Crippen molar-refractivity contribution in [3.8, 4) is 6.07 Å². The minimum absolute atomic E-state index is 0.00533. The summed E-state index contributed by atoms with van der Waals surface area (Å²) in [4.78, 5) is 34.1. The van der Waals surface area contributed by atoms with Crippen LogP contribution < -0.4 is 0 Å². The zero-order valence-electron chi connectivity index (χ0n) is 10.8. The lowest BCUT2D eigenvalue weighted by atomic mass is 10.0. The highest BCUT2D eigenvalue weighted by Gasteiger charge is 2.21. The Balaban J connectivity index is 2.83. The second kappa shape index (κ2) is 7.46. The Labute approximate surface area is 120 Å². The van der Waals surface area contributed by atoms with Gasteiger partial charge in [0.1, 0.15) is 11.9 Å². The topological polar surface area (TPSA) is 95.2 Å². The van der Waals surface area contributed by atoms with Crippen LogP contribution in [-0.4, -0.2) is 28.4 Å². The minimum atomic E-state index is -1.05. The maximum atomic E-state index is 11.4. The van der Waals surface area contributed by atoms with Gasteiger partial charge in [0.05, 0.1) is 5.56 Å². The van der Waals surface area contributed by atoms with Crippen molar-refractivity contribution in [1.29, 1.82) is 5.26 Å². The molecule has 0 aliphatic heterocycles. The lowest BCUT2D eigenvalue weighted by Crippen LogP contribution is -2.18. The van der Waals surface area contributed by atoms with E-state index in [-0.39, 0.29) is 23.5 Å². The summed E-state index contributed by atoms with van der Waals surface area (Å²) in [5, 5.41) is 17.7. The fraction of sp³-hybridized carbons (Fsp3) is 0.286. The van der Waals surface area contributed by atoms with Crippen LogP contribution in [0.3, 0.4) is 0 Å². The fourth-order valence-electron chi connectivity index (χ4n) is 1.63. The molecule has 1 unspecified atom stereocenters. The van der Waals surface area contributed by atoms with E-state index in [2.05, 4.69) is 0 Å². The summed E-state index contributed by atoms with van der Waals surface area (Å²) in [5.41, 5.74) is 0.142. The Morgan fingerprint density at radius 3 is 2.55 bits per heavy atom. The first-order chi connectivity index (χ1) is 9.45. The van der Waals surface area contributed by atoms with E-state index in [9.17, 15) is 14.4 Å². The zero-order valence-corrected chi connectivity index (χ0v) is 11.6. The highest BCUT2D eigenvalue weighted by Crippen LogP contribution is 2.26. The van der Waals surface area contributed by atoms with Gasteiger partial charge in [0, 0.05) is 23.0 Å². The van der Waals surface area contributed by atoms with Gasteiger partial charge in [-0.3, -0.25) is 4.79 Å². The van der Waals surface area contributed by atoms with Crippen molar-refractivity contribution in [1.82, 2.24) is 0 Å². The predicted octanol–water partition coefficient (Wildman–Crippen LogP) is 2.16. The first-order valence-electron chi connectivity index (χ1n) is 5.84. The molecule has 5 nitrogen and oxygen atoms in total. The third kappa shape index (κ3) is 4.52. The maximum absolute atomic E-state index is 11.4. The van der Waals surface area contributed by atoms with Gasteiger partial charge in [0.2, 0.25) is 5.78 Å². The van der Waals surface area contributed by atoms with E-state index in [1.807, 2.05) is 0 Å². The molecular weight excluding hydrogens is 278 g/mol. The average Bonchev–Trinajstić information content (AvgIpc) is 2.42. The van der Waals surface area contributed by atoms with Gasteiger partial charge in [-0.25, -0.2) is 4.79 Å². The summed E-state index contributed by atoms with van der Waals surface area (Å²) in [5.74, 6) is -2.38. The van der Waals surface area contributed by atoms with Crippen LogP contribution in [0.1, 0.15) is 23.7 Å². The van der Waals surface area contributed by atoms with Crippen molar-refractivity contribution in [3.63, 3.8) is 0 Å². The Morgan fingerprint density at radius 2 is 2.00 bits per heavy atom. The SMILES string of the molecule is CC(=O)CC(CSc1ccccc1C(=O)O)C(=O)C#N. The lowest BCUT2D eigenvalue weighted by Gasteiger charge is -2.11. The number of hydrogen-bond acceptors (Lipinski definition) is 5. The quantitative estimate of drug-likeness (QED) is 0.611. The Kier molecular flexibility index (Phi) is 5.94. The van der Waals surface area contributed by atoms with Crippen molar-refractivity contribution < 1.29 is 19.5 Å². The van der Waals surface area contributed by atoms with Crippen molar-refractivity contribution in [2.45, 2.75) is 18.2 Å². The van der Waals surface area contributed by atoms with Crippen LogP contribution in [0.4, 0.5) is 0 Å². The number of nitrogens with zero attached hydrogens (tertiary/aromatic N) is 1. The molecular formula is C14H13NO4S. The number of carbonyl (C=O) groups is 3. The summed E-state index contributed by atoms with van der Waals surface area (Å²) >= 11 is 1.16. The molecule has 1 aromatic rings. The molecule has 20 heavy (non-hydrogen) atoms. The van der Waals surface area contributed by atoms with Gasteiger partial charge in [0.15, 0.2) is 0 Å². The Bertz CT molecular complexity index is 577. The number of benzene rings is 1. The second-order valence-corrected chi connectivity index (χ2v) is 5.25. The predicted molar refractivity (Wildman–Crippen MR) is 73.5 cm³/mol. The summed E-state index contributed by atoms with van der Waals surface area (Å²) in [6.45, 7) is 1.35. The van der Waals surface area contributed by atoms with Crippen molar-refractivity contribution in [2.24, 2.45) is 5.92 Å². The first kappa shape index (κ1) is 15.9. The van der Waals surface area contributed by atoms with Crippen molar-refractivity contribution in [3.05, 3.63) is 29.8 Å². The number of hydrogen-bond donors (Lipinski definition) is 1. The van der Waals surface area contributed by atoms with Crippen LogP contribution in [0, 0.1) is 17.2 Å². The Hall–Kier alpha value is -2.13. The van der Waals surface area contributed by atoms with E-state index < -0.39 is 17.7 Å². The molecule has 0 aliphatic carbocycles. The van der Waals surface area contributed by atoms with E-state index in [4.69, 9.17) is 10.4 Å². The number of carboxylic acid groups (broad SMARTS) is 1. The summed E-state index contributed by atoms with van der Waals surface area (Å²) < 4.78 is 0. The molecule has 1 atom stereocenters. The second-order valence-electron chi connectivity index (χ2n) is 4.19. The van der Waals surface area contributed by atoms with Crippen molar-refractivity contribution in [2.75, 3.05) is 5.75 Å². The van der Waals surface area contributed by atoms with Crippen molar-refractivity contribution >= 4 is 29.3 Å². The van der Waals surface area contributed by atoms with Crippen LogP contribution in [0.25, 0.3) is 0 Å². The molecule has 1 aromatic carbocycles. The first-order valence-corrected chi connectivity index (χ1v) is 6.82. The van der Waals surface area contributed by atoms with E-state index in [1.165, 1.54) is 19.1 Å². The van der Waals surface area contributed by atoms with Crippen LogP contribution in [0.2, 0.25) is 0 Å². The number of carbonyl (C=O) groups excluding carboxylic acids is 2. The average molecular weight is 291 g/mol. The standard InChI is InChI=1S/C14H13NO4S/c1-9(16)6-10(12(17)7-15)8-20-13-5-3-2-4-11(13)14(18)19/h2-5,10H,6,8H2,1H3,(H,18,19). The molecule has 0 aromatic heterocycles. The zero-order chi connectivity index (χ0) is 15.1.